The molecule has 0 bridgehead atoms. The van der Waals surface area contributed by atoms with Gasteiger partial charge < -0.3 is 0 Å². The molecule has 120 valence electrons. The van der Waals surface area contributed by atoms with Gasteiger partial charge in [0.15, 0.2) is 0 Å². The van der Waals surface area contributed by atoms with Gasteiger partial charge in [-0.15, -0.1) is 0 Å². The quantitative estimate of drug-likeness (QED) is 0.847. The molecule has 8 heteroatoms. The lowest BCUT2D eigenvalue weighted by atomic mass is 9.99. The standard InChI is InChI=1S/C15H14ClN3O3S/c16-12-1-3-14(4-2-12)23(21,22)19-6-5-13(20)7-15(19)11-8-17-10-18-9-11/h1-4,8-10,15H,5-7H2. The first-order valence-electron chi connectivity index (χ1n) is 7.02. The zero-order chi connectivity index (χ0) is 16.4. The molecule has 1 aliphatic rings. The molecule has 1 atom stereocenters. The lowest BCUT2D eigenvalue weighted by Gasteiger charge is -2.33. The highest BCUT2D eigenvalue weighted by molar-refractivity contribution is 7.89. The van der Waals surface area contributed by atoms with Crippen molar-refractivity contribution >= 4 is 27.4 Å². The zero-order valence-electron chi connectivity index (χ0n) is 12.1. The average molecular weight is 352 g/mol. The summed E-state index contributed by atoms with van der Waals surface area (Å²) in [5.74, 6) is 0.0291. The van der Waals surface area contributed by atoms with E-state index in [2.05, 4.69) is 9.97 Å². The number of aromatic nitrogens is 2. The molecule has 1 saturated heterocycles. The molecule has 0 aliphatic carbocycles. The minimum Gasteiger partial charge on any atom is -0.300 e. The summed E-state index contributed by atoms with van der Waals surface area (Å²) in [7, 11) is -3.73. The number of hydrogen-bond donors (Lipinski definition) is 0. The molecule has 2 aromatic rings. The first-order chi connectivity index (χ1) is 11.0. The summed E-state index contributed by atoms with van der Waals surface area (Å²) in [6.45, 7) is 0.142. The summed E-state index contributed by atoms with van der Waals surface area (Å²) < 4.78 is 27.2. The van der Waals surface area contributed by atoms with Crippen LogP contribution in [0.25, 0.3) is 0 Å². The van der Waals surface area contributed by atoms with Gasteiger partial charge >= 0.3 is 0 Å². The number of sulfonamides is 1. The van der Waals surface area contributed by atoms with Gasteiger partial charge in [-0.3, -0.25) is 4.79 Å². The second-order valence-corrected chi connectivity index (χ2v) is 7.58. The van der Waals surface area contributed by atoms with Crippen LogP contribution in [0.4, 0.5) is 0 Å². The van der Waals surface area contributed by atoms with Gasteiger partial charge in [0.25, 0.3) is 0 Å². The summed E-state index contributed by atoms with van der Waals surface area (Å²) >= 11 is 5.82. The third-order valence-corrected chi connectivity index (χ3v) is 5.94. The summed E-state index contributed by atoms with van der Waals surface area (Å²) in [5, 5.41) is 0.464. The molecule has 0 radical (unpaired) electrons. The third kappa shape index (κ3) is 3.26. The minimum atomic E-state index is -3.73. The summed E-state index contributed by atoms with van der Waals surface area (Å²) in [6, 6.07) is 5.41. The predicted molar refractivity (Wildman–Crippen MR) is 84.4 cm³/mol. The molecule has 1 unspecified atom stereocenters. The van der Waals surface area contributed by atoms with Gasteiger partial charge in [-0.05, 0) is 24.3 Å². The number of rotatable bonds is 3. The fraction of sp³-hybridized carbons (Fsp3) is 0.267. The van der Waals surface area contributed by atoms with E-state index in [9.17, 15) is 13.2 Å². The number of carbonyl (C=O) groups excluding carboxylic acids is 1. The van der Waals surface area contributed by atoms with Gasteiger partial charge in [0.1, 0.15) is 12.1 Å². The van der Waals surface area contributed by atoms with Crippen LogP contribution in [0.1, 0.15) is 24.4 Å². The van der Waals surface area contributed by atoms with E-state index in [1.165, 1.54) is 34.9 Å². The second kappa shape index (κ2) is 6.35. The fourth-order valence-electron chi connectivity index (χ4n) is 2.61. The largest absolute Gasteiger partial charge is 0.300 e. The normalized spacial score (nSPS) is 19.7. The number of Topliss-reactive ketones (excluding diaryl/α,β-unsaturated/α-hetero) is 1. The third-order valence-electron chi connectivity index (χ3n) is 3.77. The Hall–Kier alpha value is -1.83. The van der Waals surface area contributed by atoms with Crippen molar-refractivity contribution in [3.8, 4) is 0 Å². The Bertz CT molecular complexity index is 810. The topological polar surface area (TPSA) is 80.2 Å². The van der Waals surface area contributed by atoms with E-state index in [1.54, 1.807) is 12.4 Å². The number of ketones is 1. The van der Waals surface area contributed by atoms with Crippen LogP contribution in [0.5, 0.6) is 0 Å². The van der Waals surface area contributed by atoms with Crippen LogP contribution in [0.15, 0.2) is 47.9 Å². The van der Waals surface area contributed by atoms with Crippen LogP contribution in [0.2, 0.25) is 5.02 Å². The van der Waals surface area contributed by atoms with Crippen LogP contribution < -0.4 is 0 Å². The molecule has 0 amide bonds. The van der Waals surface area contributed by atoms with Gasteiger partial charge in [-0.25, -0.2) is 18.4 Å². The first-order valence-corrected chi connectivity index (χ1v) is 8.84. The molecule has 3 rings (SSSR count). The van der Waals surface area contributed by atoms with Crippen LogP contribution in [-0.2, 0) is 14.8 Å². The number of carbonyl (C=O) groups is 1. The van der Waals surface area contributed by atoms with Crippen molar-refractivity contribution in [2.75, 3.05) is 6.54 Å². The summed E-state index contributed by atoms with van der Waals surface area (Å²) in [5.41, 5.74) is 0.609. The van der Waals surface area contributed by atoms with Crippen LogP contribution >= 0.6 is 11.6 Å². The highest BCUT2D eigenvalue weighted by atomic mass is 35.5. The Morgan fingerprint density at radius 1 is 1.13 bits per heavy atom. The molecule has 1 aliphatic heterocycles. The van der Waals surface area contributed by atoms with Crippen LogP contribution in [-0.4, -0.2) is 35.0 Å². The molecule has 0 N–H and O–H groups in total. The molecule has 1 aromatic heterocycles. The number of halogens is 1. The van der Waals surface area contributed by atoms with Gasteiger partial charge in [-0.1, -0.05) is 11.6 Å². The Labute approximate surface area is 139 Å². The number of hydrogen-bond acceptors (Lipinski definition) is 5. The molecular weight excluding hydrogens is 338 g/mol. The van der Waals surface area contributed by atoms with E-state index in [1.807, 2.05) is 0 Å². The van der Waals surface area contributed by atoms with Gasteiger partial charge in [-0.2, -0.15) is 4.31 Å². The van der Waals surface area contributed by atoms with Gasteiger partial charge in [0.05, 0.1) is 10.9 Å². The number of benzene rings is 1. The molecule has 1 aromatic carbocycles. The SMILES string of the molecule is O=C1CCN(S(=O)(=O)c2ccc(Cl)cc2)C(c2cncnc2)C1. The van der Waals surface area contributed by atoms with E-state index >= 15 is 0 Å². The Kier molecular flexibility index (Phi) is 4.43. The van der Waals surface area contributed by atoms with Crippen molar-refractivity contribution in [2.45, 2.75) is 23.8 Å². The van der Waals surface area contributed by atoms with Gasteiger partial charge in [0, 0.05) is 42.4 Å². The number of nitrogens with zero attached hydrogens (tertiary/aromatic N) is 3. The fourth-order valence-corrected chi connectivity index (χ4v) is 4.35. The van der Waals surface area contributed by atoms with Crippen molar-refractivity contribution in [2.24, 2.45) is 0 Å². The van der Waals surface area contributed by atoms with Crippen molar-refractivity contribution < 1.29 is 13.2 Å². The highest BCUT2D eigenvalue weighted by Gasteiger charge is 2.37. The monoisotopic (exact) mass is 351 g/mol. The number of piperidine rings is 1. The molecule has 0 saturated carbocycles. The van der Waals surface area contributed by atoms with E-state index in [0.717, 1.165) is 0 Å². The lowest BCUT2D eigenvalue weighted by Crippen LogP contribution is -2.41. The summed E-state index contributed by atoms with van der Waals surface area (Å²) in [6.07, 6.45) is 4.78. The molecule has 6 nitrogen and oxygen atoms in total. The minimum absolute atomic E-state index is 0.0291. The Morgan fingerprint density at radius 3 is 2.43 bits per heavy atom. The van der Waals surface area contributed by atoms with Crippen LogP contribution in [0.3, 0.4) is 0 Å². The maximum atomic E-state index is 12.9. The van der Waals surface area contributed by atoms with E-state index in [-0.39, 0.29) is 30.1 Å². The van der Waals surface area contributed by atoms with E-state index < -0.39 is 16.1 Å². The average Bonchev–Trinajstić information content (AvgIpc) is 2.56. The smallest absolute Gasteiger partial charge is 0.243 e. The molecule has 0 spiro atoms. The van der Waals surface area contributed by atoms with Crippen molar-refractivity contribution in [1.29, 1.82) is 0 Å². The van der Waals surface area contributed by atoms with Crippen molar-refractivity contribution in [3.63, 3.8) is 0 Å². The molecular formula is C15H14ClN3O3S. The summed E-state index contributed by atoms with van der Waals surface area (Å²) in [4.78, 5) is 19.8. The second-order valence-electron chi connectivity index (χ2n) is 5.25. The molecule has 1 fully saturated rings. The van der Waals surface area contributed by atoms with Crippen LogP contribution in [0, 0.1) is 0 Å². The highest BCUT2D eigenvalue weighted by Crippen LogP contribution is 2.33. The lowest BCUT2D eigenvalue weighted by molar-refractivity contribution is -0.121. The molecule has 23 heavy (non-hydrogen) atoms. The Balaban J connectivity index is 2.01. The van der Waals surface area contributed by atoms with E-state index in [4.69, 9.17) is 11.6 Å². The first kappa shape index (κ1) is 16.0. The van der Waals surface area contributed by atoms with Gasteiger partial charge in [0.2, 0.25) is 10.0 Å². The predicted octanol–water partition coefficient (Wildman–Crippen LogP) is 2.22. The Morgan fingerprint density at radius 2 is 1.78 bits per heavy atom. The van der Waals surface area contributed by atoms with Crippen molar-refractivity contribution in [1.82, 2.24) is 14.3 Å². The van der Waals surface area contributed by atoms with Crippen molar-refractivity contribution in [3.05, 3.63) is 53.6 Å². The molecule has 2 heterocycles. The maximum Gasteiger partial charge on any atom is 0.243 e. The zero-order valence-corrected chi connectivity index (χ0v) is 13.7. The maximum absolute atomic E-state index is 12.9. The van der Waals surface area contributed by atoms with E-state index in [0.29, 0.717) is 10.6 Å².